The Kier molecular flexibility index (Phi) is 9.13. The van der Waals surface area contributed by atoms with Crippen LogP contribution in [0.4, 0.5) is 13.2 Å². The van der Waals surface area contributed by atoms with Gasteiger partial charge in [0.15, 0.2) is 5.96 Å². The molecular weight excluding hydrogens is 337 g/mol. The zero-order valence-corrected chi connectivity index (χ0v) is 15.3. The van der Waals surface area contributed by atoms with Gasteiger partial charge in [-0.15, -0.1) is 11.3 Å². The largest absolute Gasteiger partial charge is 0.401 e. The first-order valence-corrected chi connectivity index (χ1v) is 8.90. The lowest BCUT2D eigenvalue weighted by Crippen LogP contribution is -2.41. The quantitative estimate of drug-likeness (QED) is 0.402. The number of rotatable bonds is 9. The molecule has 0 fully saturated rings. The topological polar surface area (TPSA) is 39.7 Å². The van der Waals surface area contributed by atoms with Gasteiger partial charge in [0.05, 0.1) is 6.54 Å². The summed E-state index contributed by atoms with van der Waals surface area (Å²) in [5.74, 6) is 1.16. The second kappa shape index (κ2) is 10.6. The van der Waals surface area contributed by atoms with Crippen molar-refractivity contribution in [3.63, 3.8) is 0 Å². The van der Waals surface area contributed by atoms with Crippen molar-refractivity contribution < 1.29 is 13.2 Å². The van der Waals surface area contributed by atoms with E-state index in [1.807, 2.05) is 0 Å². The average Bonchev–Trinajstić information content (AvgIpc) is 2.97. The third kappa shape index (κ3) is 9.77. The van der Waals surface area contributed by atoms with Crippen LogP contribution in [-0.4, -0.2) is 57.3 Å². The van der Waals surface area contributed by atoms with Crippen molar-refractivity contribution in [2.24, 2.45) is 10.9 Å². The molecule has 0 aromatic carbocycles. The smallest absolute Gasteiger partial charge is 0.356 e. The first-order valence-electron chi connectivity index (χ1n) is 8.02. The van der Waals surface area contributed by atoms with E-state index in [4.69, 9.17) is 0 Å². The van der Waals surface area contributed by atoms with Crippen LogP contribution >= 0.6 is 11.3 Å². The van der Waals surface area contributed by atoms with Gasteiger partial charge >= 0.3 is 6.18 Å². The molecule has 0 saturated carbocycles. The number of halogens is 3. The molecule has 1 aromatic heterocycles. The van der Waals surface area contributed by atoms with Crippen LogP contribution in [-0.2, 0) is 6.42 Å². The molecule has 8 heteroatoms. The molecule has 1 aromatic rings. The summed E-state index contributed by atoms with van der Waals surface area (Å²) in [5, 5.41) is 8.47. The Labute approximate surface area is 146 Å². The minimum Gasteiger partial charge on any atom is -0.356 e. The predicted octanol–water partition coefficient (Wildman–Crippen LogP) is 2.98. The Balaban J connectivity index is 2.16. The van der Waals surface area contributed by atoms with E-state index >= 15 is 0 Å². The normalized spacial score (nSPS) is 14.0. The summed E-state index contributed by atoms with van der Waals surface area (Å²) in [7, 11) is 3.17. The van der Waals surface area contributed by atoms with Crippen LogP contribution < -0.4 is 10.6 Å². The minimum absolute atomic E-state index is 0.387. The van der Waals surface area contributed by atoms with Crippen LogP contribution in [0.25, 0.3) is 0 Å². The molecule has 0 spiro atoms. The summed E-state index contributed by atoms with van der Waals surface area (Å²) < 4.78 is 36.7. The van der Waals surface area contributed by atoms with E-state index in [-0.39, 0.29) is 0 Å². The number of aliphatic imine (C=N–C) groups is 1. The lowest BCUT2D eigenvalue weighted by Gasteiger charge is -2.19. The van der Waals surface area contributed by atoms with E-state index in [0.29, 0.717) is 31.4 Å². The number of hydrogen-bond acceptors (Lipinski definition) is 3. The highest BCUT2D eigenvalue weighted by molar-refractivity contribution is 7.09. The Morgan fingerprint density at radius 1 is 1.38 bits per heavy atom. The second-order valence-corrected chi connectivity index (χ2v) is 7.01. The van der Waals surface area contributed by atoms with E-state index < -0.39 is 12.7 Å². The molecule has 2 N–H and O–H groups in total. The molecule has 0 saturated heterocycles. The Hall–Kier alpha value is -1.28. The zero-order valence-electron chi connectivity index (χ0n) is 14.5. The molecule has 0 aliphatic heterocycles. The van der Waals surface area contributed by atoms with E-state index in [9.17, 15) is 13.2 Å². The maximum absolute atomic E-state index is 12.2. The van der Waals surface area contributed by atoms with E-state index in [0.717, 1.165) is 13.0 Å². The fraction of sp³-hybridized carbons (Fsp3) is 0.688. The van der Waals surface area contributed by atoms with Crippen molar-refractivity contribution >= 4 is 17.3 Å². The highest BCUT2D eigenvalue weighted by atomic mass is 32.1. The number of hydrogen-bond donors (Lipinski definition) is 2. The van der Waals surface area contributed by atoms with Crippen LogP contribution in [0.3, 0.4) is 0 Å². The predicted molar refractivity (Wildman–Crippen MR) is 94.7 cm³/mol. The van der Waals surface area contributed by atoms with E-state index in [1.165, 1.54) is 16.8 Å². The third-order valence-corrected chi connectivity index (χ3v) is 4.33. The summed E-state index contributed by atoms with van der Waals surface area (Å²) in [5.41, 5.74) is 0. The first-order chi connectivity index (χ1) is 11.3. The SMILES string of the molecule is CN=C(NCCCN(C)CC(F)(F)F)NCC(C)Cc1cccs1. The summed E-state index contributed by atoms with van der Waals surface area (Å²) in [4.78, 5) is 6.78. The number of alkyl halides is 3. The van der Waals surface area contributed by atoms with Crippen molar-refractivity contribution in [2.75, 3.05) is 40.3 Å². The molecular formula is C16H27F3N4S. The molecule has 1 unspecified atom stereocenters. The molecule has 0 bridgehead atoms. The molecule has 24 heavy (non-hydrogen) atoms. The number of guanidine groups is 1. The van der Waals surface area contributed by atoms with Gasteiger partial charge in [-0.25, -0.2) is 0 Å². The van der Waals surface area contributed by atoms with Crippen LogP contribution in [0.1, 0.15) is 18.2 Å². The van der Waals surface area contributed by atoms with Gasteiger partial charge in [0.2, 0.25) is 0 Å². The van der Waals surface area contributed by atoms with Gasteiger partial charge in [0.25, 0.3) is 0 Å². The Bertz CT molecular complexity index is 474. The molecule has 0 aliphatic rings. The van der Waals surface area contributed by atoms with Gasteiger partial charge in [-0.1, -0.05) is 13.0 Å². The maximum Gasteiger partial charge on any atom is 0.401 e. The second-order valence-electron chi connectivity index (χ2n) is 5.98. The molecule has 0 aliphatic carbocycles. The fourth-order valence-corrected chi connectivity index (χ4v) is 3.15. The average molecular weight is 364 g/mol. The highest BCUT2D eigenvalue weighted by Gasteiger charge is 2.28. The summed E-state index contributed by atoms with van der Waals surface area (Å²) >= 11 is 1.76. The summed E-state index contributed by atoms with van der Waals surface area (Å²) in [6.07, 6.45) is -2.50. The zero-order chi connectivity index (χ0) is 18.0. The van der Waals surface area contributed by atoms with Gasteiger partial charge in [-0.3, -0.25) is 9.89 Å². The van der Waals surface area contributed by atoms with Crippen molar-refractivity contribution in [2.45, 2.75) is 25.9 Å². The van der Waals surface area contributed by atoms with Crippen LogP contribution in [0, 0.1) is 5.92 Å². The lowest BCUT2D eigenvalue weighted by atomic mass is 10.1. The summed E-state index contributed by atoms with van der Waals surface area (Å²) in [6, 6.07) is 4.18. The summed E-state index contributed by atoms with van der Waals surface area (Å²) in [6.45, 7) is 3.07. The van der Waals surface area contributed by atoms with Gasteiger partial charge < -0.3 is 10.6 Å². The van der Waals surface area contributed by atoms with Crippen LogP contribution in [0.5, 0.6) is 0 Å². The van der Waals surface area contributed by atoms with Crippen molar-refractivity contribution in [3.05, 3.63) is 22.4 Å². The highest BCUT2D eigenvalue weighted by Crippen LogP contribution is 2.15. The number of nitrogens with one attached hydrogen (secondary N) is 2. The molecule has 0 amide bonds. The van der Waals surface area contributed by atoms with Crippen LogP contribution in [0.15, 0.2) is 22.5 Å². The van der Waals surface area contributed by atoms with E-state index in [2.05, 4.69) is 40.1 Å². The molecule has 1 atom stereocenters. The number of nitrogens with zero attached hydrogens (tertiary/aromatic N) is 2. The molecule has 4 nitrogen and oxygen atoms in total. The van der Waals surface area contributed by atoms with Gasteiger partial charge in [0.1, 0.15) is 0 Å². The van der Waals surface area contributed by atoms with Crippen molar-refractivity contribution in [1.29, 1.82) is 0 Å². The Morgan fingerprint density at radius 2 is 2.12 bits per heavy atom. The minimum atomic E-state index is -4.14. The molecule has 1 heterocycles. The van der Waals surface area contributed by atoms with Crippen molar-refractivity contribution in [1.82, 2.24) is 15.5 Å². The lowest BCUT2D eigenvalue weighted by molar-refractivity contribution is -0.143. The van der Waals surface area contributed by atoms with Gasteiger partial charge in [-0.05, 0) is 43.8 Å². The van der Waals surface area contributed by atoms with Crippen LogP contribution in [0.2, 0.25) is 0 Å². The molecule has 1 rings (SSSR count). The molecule has 0 radical (unpaired) electrons. The van der Waals surface area contributed by atoms with Crippen molar-refractivity contribution in [3.8, 4) is 0 Å². The maximum atomic E-state index is 12.2. The third-order valence-electron chi connectivity index (χ3n) is 3.43. The van der Waals surface area contributed by atoms with Gasteiger partial charge in [-0.2, -0.15) is 13.2 Å². The monoisotopic (exact) mass is 364 g/mol. The number of thiophene rings is 1. The fourth-order valence-electron chi connectivity index (χ4n) is 2.28. The Morgan fingerprint density at radius 3 is 2.71 bits per heavy atom. The van der Waals surface area contributed by atoms with Gasteiger partial charge in [0, 0.05) is 25.0 Å². The standard InChI is InChI=1S/C16H27F3N4S/c1-13(10-14-6-4-9-24-14)11-22-15(20-2)21-7-5-8-23(3)12-16(17,18)19/h4,6,9,13H,5,7-8,10-12H2,1-3H3,(H2,20,21,22). The molecule has 138 valence electrons. The first kappa shape index (κ1) is 20.8. The van der Waals surface area contributed by atoms with E-state index in [1.54, 1.807) is 18.4 Å².